The molecule has 0 aliphatic rings. The largest absolute Gasteiger partial charge is 0.405 e. The first-order valence-electron chi connectivity index (χ1n) is 4.06. The van der Waals surface area contributed by atoms with E-state index >= 15 is 0 Å². The van der Waals surface area contributed by atoms with E-state index in [1.165, 1.54) is 7.05 Å². The third-order valence-electron chi connectivity index (χ3n) is 1.77. The van der Waals surface area contributed by atoms with Crippen molar-refractivity contribution in [2.75, 3.05) is 18.5 Å². The Labute approximate surface area is 89.9 Å². The molecule has 84 valence electrons. The van der Waals surface area contributed by atoms with Gasteiger partial charge in [0.1, 0.15) is 23.8 Å². The van der Waals surface area contributed by atoms with Gasteiger partial charge in [-0.25, -0.2) is 9.97 Å². The predicted octanol–water partition coefficient (Wildman–Crippen LogP) is 2.44. The quantitative estimate of drug-likeness (QED) is 0.743. The number of nitrogens with zero attached hydrogens (tertiary/aromatic N) is 3. The molecule has 0 atom stereocenters. The van der Waals surface area contributed by atoms with Crippen molar-refractivity contribution in [1.29, 1.82) is 0 Å². The summed E-state index contributed by atoms with van der Waals surface area (Å²) >= 11 is 5.67. The third kappa shape index (κ3) is 3.23. The fourth-order valence-electron chi connectivity index (χ4n) is 1.15. The maximum absolute atomic E-state index is 12.1. The van der Waals surface area contributed by atoms with E-state index < -0.39 is 12.7 Å². The van der Waals surface area contributed by atoms with E-state index in [1.807, 2.05) is 0 Å². The van der Waals surface area contributed by atoms with Crippen molar-refractivity contribution < 1.29 is 13.2 Å². The minimum atomic E-state index is -4.27. The van der Waals surface area contributed by atoms with Crippen LogP contribution in [-0.2, 0) is 0 Å². The van der Waals surface area contributed by atoms with Crippen LogP contribution in [0.4, 0.5) is 19.0 Å². The number of aromatic nitrogens is 2. The van der Waals surface area contributed by atoms with Gasteiger partial charge in [0.15, 0.2) is 0 Å². The van der Waals surface area contributed by atoms with E-state index in [0.29, 0.717) is 5.56 Å². The summed E-state index contributed by atoms with van der Waals surface area (Å²) in [6.45, 7) is 0.506. The van der Waals surface area contributed by atoms with Crippen LogP contribution < -0.4 is 4.90 Å². The second-order valence-corrected chi connectivity index (χ2v) is 3.44. The Morgan fingerprint density at radius 1 is 1.40 bits per heavy atom. The average molecular weight is 240 g/mol. The molecule has 15 heavy (non-hydrogen) atoms. The molecule has 0 bridgehead atoms. The molecular formula is C8H9ClF3N3. The zero-order chi connectivity index (χ0) is 11.6. The summed E-state index contributed by atoms with van der Waals surface area (Å²) in [6, 6.07) is 0. The van der Waals surface area contributed by atoms with Gasteiger partial charge >= 0.3 is 6.18 Å². The van der Waals surface area contributed by atoms with Gasteiger partial charge in [0.25, 0.3) is 0 Å². The molecular weight excluding hydrogens is 231 g/mol. The number of hydrogen-bond acceptors (Lipinski definition) is 3. The van der Waals surface area contributed by atoms with Gasteiger partial charge in [-0.3, -0.25) is 0 Å². The highest BCUT2D eigenvalue weighted by molar-refractivity contribution is 6.30. The van der Waals surface area contributed by atoms with E-state index in [4.69, 9.17) is 11.6 Å². The summed E-state index contributed by atoms with van der Waals surface area (Å²) in [7, 11) is 1.30. The highest BCUT2D eigenvalue weighted by Gasteiger charge is 2.30. The number of anilines is 1. The average Bonchev–Trinajstić information content (AvgIpc) is 2.06. The van der Waals surface area contributed by atoms with Crippen molar-refractivity contribution in [3.8, 4) is 0 Å². The number of hydrogen-bond donors (Lipinski definition) is 0. The van der Waals surface area contributed by atoms with Gasteiger partial charge in [-0.15, -0.1) is 0 Å². The van der Waals surface area contributed by atoms with Crippen molar-refractivity contribution in [1.82, 2.24) is 9.97 Å². The van der Waals surface area contributed by atoms with Crippen molar-refractivity contribution in [3.63, 3.8) is 0 Å². The van der Waals surface area contributed by atoms with Gasteiger partial charge in [-0.1, -0.05) is 11.6 Å². The molecule has 7 heteroatoms. The molecule has 0 N–H and O–H groups in total. The molecule has 0 unspecified atom stereocenters. The van der Waals surface area contributed by atoms with Crippen molar-refractivity contribution in [2.45, 2.75) is 13.1 Å². The van der Waals surface area contributed by atoms with E-state index in [0.717, 1.165) is 11.2 Å². The standard InChI is InChI=1S/C8H9ClF3N3/c1-5-6(9)13-4-14-7(5)15(2)3-8(10,11)12/h4H,3H2,1-2H3. The van der Waals surface area contributed by atoms with Crippen LogP contribution in [0.15, 0.2) is 6.33 Å². The molecule has 1 aromatic rings. The van der Waals surface area contributed by atoms with Crippen LogP contribution in [0.3, 0.4) is 0 Å². The minimum Gasteiger partial charge on any atom is -0.350 e. The summed E-state index contributed by atoms with van der Waals surface area (Å²) in [5.41, 5.74) is 0.436. The number of rotatable bonds is 2. The smallest absolute Gasteiger partial charge is 0.350 e. The van der Waals surface area contributed by atoms with Crippen LogP contribution in [0.5, 0.6) is 0 Å². The summed E-state index contributed by atoms with van der Waals surface area (Å²) in [4.78, 5) is 8.41. The highest BCUT2D eigenvalue weighted by Crippen LogP contribution is 2.24. The molecule has 0 aromatic carbocycles. The van der Waals surface area contributed by atoms with Gasteiger partial charge in [0, 0.05) is 12.6 Å². The Morgan fingerprint density at radius 3 is 2.53 bits per heavy atom. The lowest BCUT2D eigenvalue weighted by atomic mass is 10.3. The maximum atomic E-state index is 12.1. The molecule has 1 aromatic heterocycles. The molecule has 3 nitrogen and oxygen atoms in total. The second-order valence-electron chi connectivity index (χ2n) is 3.08. The lowest BCUT2D eigenvalue weighted by molar-refractivity contribution is -0.119. The van der Waals surface area contributed by atoms with Crippen molar-refractivity contribution in [2.24, 2.45) is 0 Å². The Balaban J connectivity index is 2.92. The van der Waals surface area contributed by atoms with Crippen LogP contribution in [0.1, 0.15) is 5.56 Å². The Hall–Kier alpha value is -1.04. The molecule has 0 aliphatic carbocycles. The molecule has 0 amide bonds. The molecule has 1 heterocycles. The van der Waals surface area contributed by atoms with E-state index in [1.54, 1.807) is 6.92 Å². The SMILES string of the molecule is Cc1c(Cl)ncnc1N(C)CC(F)(F)F. The molecule has 1 rings (SSSR count). The monoisotopic (exact) mass is 239 g/mol. The van der Waals surface area contributed by atoms with Crippen LogP contribution in [-0.4, -0.2) is 29.7 Å². The molecule has 0 aliphatic heterocycles. The molecule has 0 radical (unpaired) electrons. The number of halogens is 4. The van der Waals surface area contributed by atoms with Gasteiger partial charge < -0.3 is 4.90 Å². The topological polar surface area (TPSA) is 29.0 Å². The second kappa shape index (κ2) is 4.22. The van der Waals surface area contributed by atoms with Crippen LogP contribution in [0, 0.1) is 6.92 Å². The summed E-state index contributed by atoms with van der Waals surface area (Å²) in [5.74, 6) is 0.187. The normalized spacial score (nSPS) is 11.6. The lowest BCUT2D eigenvalue weighted by Gasteiger charge is -2.21. The van der Waals surface area contributed by atoms with Crippen molar-refractivity contribution >= 4 is 17.4 Å². The summed E-state index contributed by atoms with van der Waals surface area (Å²) in [6.07, 6.45) is -3.13. The minimum absolute atomic E-state index is 0.161. The van der Waals surface area contributed by atoms with Crippen LogP contribution >= 0.6 is 11.6 Å². The van der Waals surface area contributed by atoms with Crippen LogP contribution in [0.25, 0.3) is 0 Å². The fraction of sp³-hybridized carbons (Fsp3) is 0.500. The first-order chi connectivity index (χ1) is 6.81. The molecule has 0 spiro atoms. The number of alkyl halides is 3. The maximum Gasteiger partial charge on any atom is 0.405 e. The van der Waals surface area contributed by atoms with E-state index in [9.17, 15) is 13.2 Å². The Kier molecular flexibility index (Phi) is 3.38. The van der Waals surface area contributed by atoms with Gasteiger partial charge in [-0.2, -0.15) is 13.2 Å². The predicted molar refractivity (Wildman–Crippen MR) is 51.1 cm³/mol. The molecule has 0 saturated heterocycles. The van der Waals surface area contributed by atoms with Gasteiger partial charge in [0.2, 0.25) is 0 Å². The third-order valence-corrected chi connectivity index (χ3v) is 2.16. The van der Waals surface area contributed by atoms with Crippen LogP contribution in [0.2, 0.25) is 5.15 Å². The first kappa shape index (κ1) is 12.0. The first-order valence-corrected chi connectivity index (χ1v) is 4.44. The summed E-state index contributed by atoms with van der Waals surface area (Å²) in [5, 5.41) is 0.161. The zero-order valence-electron chi connectivity index (χ0n) is 8.14. The van der Waals surface area contributed by atoms with Crippen molar-refractivity contribution in [3.05, 3.63) is 17.0 Å². The lowest BCUT2D eigenvalue weighted by Crippen LogP contribution is -2.32. The zero-order valence-corrected chi connectivity index (χ0v) is 8.89. The van der Waals surface area contributed by atoms with E-state index in [-0.39, 0.29) is 11.0 Å². The van der Waals surface area contributed by atoms with E-state index in [2.05, 4.69) is 9.97 Å². The Bertz CT molecular complexity index is 353. The summed E-state index contributed by atoms with van der Waals surface area (Å²) < 4.78 is 36.3. The molecule has 0 fully saturated rings. The highest BCUT2D eigenvalue weighted by atomic mass is 35.5. The van der Waals surface area contributed by atoms with Gasteiger partial charge in [-0.05, 0) is 6.92 Å². The molecule has 0 saturated carbocycles. The Morgan fingerprint density at radius 2 is 2.00 bits per heavy atom. The fourth-order valence-corrected chi connectivity index (χ4v) is 1.28. The van der Waals surface area contributed by atoms with Gasteiger partial charge in [0.05, 0.1) is 0 Å².